The minimum atomic E-state index is -0.533. The molecule has 1 amide bonds. The number of carbonyl (C=O) groups excluding carboxylic acids is 2. The monoisotopic (exact) mass is 409 g/mol. The number of carbonyl (C=O) groups is 2. The first-order chi connectivity index (χ1) is 13.0. The zero-order valence-electron chi connectivity index (χ0n) is 14.2. The number of esters is 1. The summed E-state index contributed by atoms with van der Waals surface area (Å²) in [5, 5.41) is 3.42. The van der Waals surface area contributed by atoms with Gasteiger partial charge in [-0.1, -0.05) is 41.4 Å². The predicted octanol–water partition coefficient (Wildman–Crippen LogP) is 3.04. The average molecular weight is 410 g/mol. The fourth-order valence-electron chi connectivity index (χ4n) is 2.46. The van der Waals surface area contributed by atoms with Crippen LogP contribution in [0.2, 0.25) is 10.0 Å². The molecule has 8 heteroatoms. The number of para-hydroxylation sites is 2. The normalized spacial score (nSPS) is 15.1. The van der Waals surface area contributed by atoms with Gasteiger partial charge in [-0.3, -0.25) is 9.59 Å². The van der Waals surface area contributed by atoms with Crippen LogP contribution < -0.4 is 14.8 Å². The van der Waals surface area contributed by atoms with Crippen molar-refractivity contribution >= 4 is 35.1 Å². The molecule has 1 atom stereocenters. The largest absolute Gasteiger partial charge is 0.486 e. The topological polar surface area (TPSA) is 73.9 Å². The van der Waals surface area contributed by atoms with Crippen molar-refractivity contribution in [3.8, 4) is 11.5 Å². The second-order valence-corrected chi connectivity index (χ2v) is 6.70. The van der Waals surface area contributed by atoms with Gasteiger partial charge in [-0.25, -0.2) is 0 Å². The smallest absolute Gasteiger partial charge is 0.310 e. The Labute approximate surface area is 166 Å². The van der Waals surface area contributed by atoms with Gasteiger partial charge in [-0.2, -0.15) is 0 Å². The van der Waals surface area contributed by atoms with Crippen molar-refractivity contribution in [3.05, 3.63) is 58.1 Å². The van der Waals surface area contributed by atoms with Crippen molar-refractivity contribution in [1.29, 1.82) is 0 Å². The molecule has 0 spiro atoms. The summed E-state index contributed by atoms with van der Waals surface area (Å²) in [6, 6.07) is 12.2. The van der Waals surface area contributed by atoms with E-state index in [4.69, 9.17) is 37.4 Å². The number of benzene rings is 2. The molecule has 0 unspecified atom stereocenters. The molecule has 6 nitrogen and oxygen atoms in total. The van der Waals surface area contributed by atoms with Crippen LogP contribution in [-0.4, -0.2) is 37.7 Å². The molecule has 142 valence electrons. The molecule has 2 aromatic rings. The summed E-state index contributed by atoms with van der Waals surface area (Å²) in [7, 11) is 0. The van der Waals surface area contributed by atoms with Crippen LogP contribution in [0.5, 0.6) is 11.5 Å². The van der Waals surface area contributed by atoms with Gasteiger partial charge in [0, 0.05) is 0 Å². The van der Waals surface area contributed by atoms with E-state index >= 15 is 0 Å². The lowest BCUT2D eigenvalue weighted by molar-refractivity contribution is -0.148. The van der Waals surface area contributed by atoms with E-state index in [-0.39, 0.29) is 25.7 Å². The maximum absolute atomic E-state index is 11.9. The molecule has 0 radical (unpaired) electrons. The molecule has 1 heterocycles. The predicted molar refractivity (Wildman–Crippen MR) is 100 cm³/mol. The Balaban J connectivity index is 1.38. The van der Waals surface area contributed by atoms with Crippen LogP contribution in [0.15, 0.2) is 42.5 Å². The van der Waals surface area contributed by atoms with Gasteiger partial charge in [0.25, 0.3) is 5.91 Å². The summed E-state index contributed by atoms with van der Waals surface area (Å²) in [6.45, 7) is 0.205. The van der Waals surface area contributed by atoms with Crippen molar-refractivity contribution in [3.63, 3.8) is 0 Å². The highest BCUT2D eigenvalue weighted by atomic mass is 35.5. The van der Waals surface area contributed by atoms with E-state index in [2.05, 4.69) is 5.32 Å². The first-order valence-electron chi connectivity index (χ1n) is 8.26. The Morgan fingerprint density at radius 1 is 1.11 bits per heavy atom. The molecule has 0 saturated heterocycles. The van der Waals surface area contributed by atoms with E-state index in [9.17, 15) is 9.59 Å². The molecule has 2 aromatic carbocycles. The number of halogens is 2. The molecule has 0 saturated carbocycles. The molecule has 1 aliphatic rings. The summed E-state index contributed by atoms with van der Waals surface area (Å²) in [4.78, 5) is 23.7. The maximum atomic E-state index is 11.9. The Morgan fingerprint density at radius 2 is 1.89 bits per heavy atom. The van der Waals surface area contributed by atoms with Gasteiger partial charge in [0.15, 0.2) is 18.1 Å². The van der Waals surface area contributed by atoms with Crippen LogP contribution in [0.4, 0.5) is 0 Å². The zero-order valence-corrected chi connectivity index (χ0v) is 15.8. The third-order valence-electron chi connectivity index (χ3n) is 3.79. The van der Waals surface area contributed by atoms with Crippen LogP contribution in [-0.2, 0) is 20.7 Å². The van der Waals surface area contributed by atoms with Crippen molar-refractivity contribution in [1.82, 2.24) is 5.32 Å². The van der Waals surface area contributed by atoms with Crippen LogP contribution in [0.25, 0.3) is 0 Å². The molecular formula is C19H17Cl2NO5. The molecule has 27 heavy (non-hydrogen) atoms. The molecule has 0 aromatic heterocycles. The third-order valence-corrected chi connectivity index (χ3v) is 4.53. The minimum absolute atomic E-state index is 0.000525. The molecule has 0 aliphatic carbocycles. The molecule has 1 aliphatic heterocycles. The fraction of sp³-hybridized carbons (Fsp3) is 0.263. The third kappa shape index (κ3) is 5.52. The summed E-state index contributed by atoms with van der Waals surface area (Å²) < 4.78 is 16.3. The highest BCUT2D eigenvalue weighted by Crippen LogP contribution is 2.30. The van der Waals surface area contributed by atoms with E-state index in [0.717, 1.165) is 0 Å². The second kappa shape index (κ2) is 8.97. The number of rotatable bonds is 6. The van der Waals surface area contributed by atoms with Gasteiger partial charge in [0.2, 0.25) is 0 Å². The number of fused-ring (bicyclic) bond motifs is 1. The Bertz CT molecular complexity index is 843. The number of nitrogens with one attached hydrogen (secondary N) is 1. The van der Waals surface area contributed by atoms with E-state index in [1.54, 1.807) is 24.3 Å². The van der Waals surface area contributed by atoms with Gasteiger partial charge in [0.1, 0.15) is 12.7 Å². The number of ether oxygens (including phenoxy) is 3. The van der Waals surface area contributed by atoms with Crippen molar-refractivity contribution in [2.75, 3.05) is 19.8 Å². The Morgan fingerprint density at radius 3 is 2.67 bits per heavy atom. The number of hydrogen-bond acceptors (Lipinski definition) is 5. The average Bonchev–Trinajstić information content (AvgIpc) is 2.67. The first-order valence-corrected chi connectivity index (χ1v) is 9.01. The van der Waals surface area contributed by atoms with Crippen LogP contribution in [0.1, 0.15) is 5.56 Å². The maximum Gasteiger partial charge on any atom is 0.310 e. The molecule has 0 fully saturated rings. The van der Waals surface area contributed by atoms with Crippen molar-refractivity contribution in [2.45, 2.75) is 12.5 Å². The SMILES string of the molecule is O=C(COC(=O)Cc1ccc(Cl)c(Cl)c1)NC[C@@H]1COc2ccccc2O1. The lowest BCUT2D eigenvalue weighted by Gasteiger charge is -2.26. The molecule has 3 rings (SSSR count). The molecule has 1 N–H and O–H groups in total. The highest BCUT2D eigenvalue weighted by molar-refractivity contribution is 6.42. The lowest BCUT2D eigenvalue weighted by atomic mass is 10.1. The number of hydrogen-bond donors (Lipinski definition) is 1. The van der Waals surface area contributed by atoms with Crippen molar-refractivity contribution in [2.24, 2.45) is 0 Å². The lowest BCUT2D eigenvalue weighted by Crippen LogP contribution is -2.42. The molecule has 0 bridgehead atoms. The summed E-state index contributed by atoms with van der Waals surface area (Å²) >= 11 is 11.7. The van der Waals surface area contributed by atoms with Gasteiger partial charge in [0.05, 0.1) is 23.0 Å². The van der Waals surface area contributed by atoms with Gasteiger partial charge in [-0.15, -0.1) is 0 Å². The Kier molecular flexibility index (Phi) is 6.42. The summed E-state index contributed by atoms with van der Waals surface area (Å²) in [6.07, 6.45) is -0.309. The van der Waals surface area contributed by atoms with Gasteiger partial charge < -0.3 is 19.5 Å². The molecular weight excluding hydrogens is 393 g/mol. The van der Waals surface area contributed by atoms with Crippen LogP contribution >= 0.6 is 23.2 Å². The van der Waals surface area contributed by atoms with Gasteiger partial charge in [-0.05, 0) is 29.8 Å². The quantitative estimate of drug-likeness (QED) is 0.742. The van der Waals surface area contributed by atoms with Crippen LogP contribution in [0.3, 0.4) is 0 Å². The van der Waals surface area contributed by atoms with E-state index < -0.39 is 11.9 Å². The minimum Gasteiger partial charge on any atom is -0.486 e. The highest BCUT2D eigenvalue weighted by Gasteiger charge is 2.21. The van der Waals surface area contributed by atoms with E-state index in [1.807, 2.05) is 18.2 Å². The number of amides is 1. The van der Waals surface area contributed by atoms with Gasteiger partial charge >= 0.3 is 5.97 Å². The van der Waals surface area contributed by atoms with Crippen molar-refractivity contribution < 1.29 is 23.8 Å². The zero-order chi connectivity index (χ0) is 19.2. The standard InChI is InChI=1S/C19H17Cl2NO5/c20-14-6-5-12(7-15(14)21)8-19(24)26-11-18(23)22-9-13-10-25-16-3-1-2-4-17(16)27-13/h1-7,13H,8-11H2,(H,22,23)/t13-/m1/s1. The summed E-state index contributed by atoms with van der Waals surface area (Å²) in [5.74, 6) is 0.363. The van der Waals surface area contributed by atoms with E-state index in [1.165, 1.54) is 0 Å². The van der Waals surface area contributed by atoms with E-state index in [0.29, 0.717) is 33.7 Å². The second-order valence-electron chi connectivity index (χ2n) is 5.89. The fourth-order valence-corrected chi connectivity index (χ4v) is 2.78. The first kappa shape index (κ1) is 19.3. The van der Waals surface area contributed by atoms with Crippen LogP contribution in [0, 0.1) is 0 Å². The Hall–Kier alpha value is -2.44. The summed E-state index contributed by atoms with van der Waals surface area (Å²) in [5.41, 5.74) is 0.654.